The van der Waals surface area contributed by atoms with E-state index in [-0.39, 0.29) is 11.9 Å². The molecule has 1 aromatic heterocycles. The first kappa shape index (κ1) is 27.4. The number of hydrogen-bond donors (Lipinski definition) is 0. The van der Waals surface area contributed by atoms with Gasteiger partial charge in [0.15, 0.2) is 0 Å². The number of carbonyl (C=O) groups excluding carboxylic acids is 1. The van der Waals surface area contributed by atoms with E-state index in [0.29, 0.717) is 31.2 Å². The van der Waals surface area contributed by atoms with Crippen molar-refractivity contribution < 1.29 is 13.2 Å². The number of allylic oxidation sites excluding steroid dienone is 1. The molecule has 0 radical (unpaired) electrons. The van der Waals surface area contributed by atoms with Gasteiger partial charge >= 0.3 is 0 Å². The average Bonchev–Trinajstić information content (AvgIpc) is 2.89. The molecule has 37 heavy (non-hydrogen) atoms. The highest BCUT2D eigenvalue weighted by molar-refractivity contribution is 7.88. The standard InChI is InChI=1S/C28H39N5O3S/c1-20(2)23-8-6-22(7-9-23)18-26-21(3)27(30-19-29-26)28(34)33-16-12-25(13-17-33)32-14-10-24(11-15-32)31(4)37(5,35)36/h6-9,19,24-25H,1,10-18H2,2-5H3. The summed E-state index contributed by atoms with van der Waals surface area (Å²) in [7, 11) is -1.48. The van der Waals surface area contributed by atoms with Crippen molar-refractivity contribution in [2.75, 3.05) is 39.5 Å². The molecule has 0 aliphatic carbocycles. The Balaban J connectivity index is 1.33. The van der Waals surface area contributed by atoms with Crippen LogP contribution in [0.25, 0.3) is 5.57 Å². The van der Waals surface area contributed by atoms with Gasteiger partial charge in [0, 0.05) is 44.2 Å². The molecular formula is C28H39N5O3S. The van der Waals surface area contributed by atoms with Gasteiger partial charge in [-0.05, 0) is 63.7 Å². The third-order valence-electron chi connectivity index (χ3n) is 8.01. The normalized spacial score (nSPS) is 18.4. The Bertz CT molecular complexity index is 1230. The van der Waals surface area contributed by atoms with E-state index in [1.54, 1.807) is 7.05 Å². The number of amides is 1. The zero-order valence-electron chi connectivity index (χ0n) is 22.5. The van der Waals surface area contributed by atoms with Gasteiger partial charge < -0.3 is 9.80 Å². The van der Waals surface area contributed by atoms with Gasteiger partial charge in [-0.3, -0.25) is 4.79 Å². The molecule has 4 rings (SSSR count). The maximum atomic E-state index is 13.4. The molecule has 1 amide bonds. The summed E-state index contributed by atoms with van der Waals surface area (Å²) in [5, 5.41) is 0. The molecule has 2 aliphatic heterocycles. The van der Waals surface area contributed by atoms with Gasteiger partial charge in [0.1, 0.15) is 12.0 Å². The molecule has 8 nitrogen and oxygen atoms in total. The lowest BCUT2D eigenvalue weighted by Gasteiger charge is -2.43. The molecule has 3 heterocycles. The van der Waals surface area contributed by atoms with E-state index in [1.165, 1.54) is 16.9 Å². The van der Waals surface area contributed by atoms with Gasteiger partial charge in [0.2, 0.25) is 10.0 Å². The second kappa shape index (κ2) is 11.4. The Kier molecular flexibility index (Phi) is 8.46. The first-order valence-electron chi connectivity index (χ1n) is 13.1. The molecule has 0 atom stereocenters. The van der Waals surface area contributed by atoms with Crippen molar-refractivity contribution in [3.63, 3.8) is 0 Å². The van der Waals surface area contributed by atoms with E-state index in [4.69, 9.17) is 0 Å². The van der Waals surface area contributed by atoms with Crippen molar-refractivity contribution in [1.82, 2.24) is 24.1 Å². The summed E-state index contributed by atoms with van der Waals surface area (Å²) in [6, 6.07) is 8.80. The Hall–Kier alpha value is -2.62. The lowest BCUT2D eigenvalue weighted by molar-refractivity contribution is 0.0542. The average molecular weight is 526 g/mol. The predicted octanol–water partition coefficient (Wildman–Crippen LogP) is 3.37. The van der Waals surface area contributed by atoms with Crippen LogP contribution in [0.3, 0.4) is 0 Å². The molecule has 0 N–H and O–H groups in total. The van der Waals surface area contributed by atoms with Crippen LogP contribution >= 0.6 is 0 Å². The van der Waals surface area contributed by atoms with Gasteiger partial charge in [0.05, 0.1) is 11.9 Å². The number of benzene rings is 1. The third-order valence-corrected chi connectivity index (χ3v) is 9.36. The van der Waals surface area contributed by atoms with Crippen LogP contribution in [-0.2, 0) is 16.4 Å². The first-order chi connectivity index (χ1) is 17.5. The van der Waals surface area contributed by atoms with Gasteiger partial charge in [-0.1, -0.05) is 36.4 Å². The maximum absolute atomic E-state index is 13.4. The quantitative estimate of drug-likeness (QED) is 0.551. The monoisotopic (exact) mass is 525 g/mol. The van der Waals surface area contributed by atoms with Crippen LogP contribution in [0.15, 0.2) is 37.2 Å². The Morgan fingerprint density at radius 2 is 1.68 bits per heavy atom. The lowest BCUT2D eigenvalue weighted by Crippen LogP contribution is -2.52. The van der Waals surface area contributed by atoms with Gasteiger partial charge in [-0.15, -0.1) is 0 Å². The molecule has 0 saturated carbocycles. The van der Waals surface area contributed by atoms with Crippen LogP contribution in [0.5, 0.6) is 0 Å². The number of hydrogen-bond acceptors (Lipinski definition) is 6. The molecule has 2 saturated heterocycles. The summed E-state index contributed by atoms with van der Waals surface area (Å²) >= 11 is 0. The zero-order valence-corrected chi connectivity index (χ0v) is 23.3. The van der Waals surface area contributed by atoms with Gasteiger partial charge in [-0.2, -0.15) is 0 Å². The largest absolute Gasteiger partial charge is 0.337 e. The highest BCUT2D eigenvalue weighted by Crippen LogP contribution is 2.25. The highest BCUT2D eigenvalue weighted by Gasteiger charge is 2.33. The zero-order chi connectivity index (χ0) is 26.7. The number of sulfonamides is 1. The number of likely N-dealkylation sites (tertiary alicyclic amines) is 2. The number of aromatic nitrogens is 2. The number of piperidine rings is 2. The van der Waals surface area contributed by atoms with E-state index in [2.05, 4.69) is 45.7 Å². The minimum absolute atomic E-state index is 0.0225. The van der Waals surface area contributed by atoms with Gasteiger partial charge in [0.25, 0.3) is 5.91 Å². The molecule has 200 valence electrons. The van der Waals surface area contributed by atoms with Crippen molar-refractivity contribution in [3.05, 3.63) is 65.2 Å². The van der Waals surface area contributed by atoms with Crippen molar-refractivity contribution in [2.45, 2.75) is 58.0 Å². The van der Waals surface area contributed by atoms with Crippen LogP contribution in [0.2, 0.25) is 0 Å². The fourth-order valence-corrected chi connectivity index (χ4v) is 6.20. The Morgan fingerprint density at radius 1 is 1.05 bits per heavy atom. The summed E-state index contributed by atoms with van der Waals surface area (Å²) in [6.45, 7) is 11.1. The number of nitrogens with zero attached hydrogens (tertiary/aromatic N) is 5. The van der Waals surface area contributed by atoms with Gasteiger partial charge in [-0.25, -0.2) is 22.7 Å². The topological polar surface area (TPSA) is 86.7 Å². The summed E-state index contributed by atoms with van der Waals surface area (Å²) in [6.07, 6.45) is 6.97. The van der Waals surface area contributed by atoms with Crippen LogP contribution < -0.4 is 0 Å². The molecule has 9 heteroatoms. The molecule has 0 unspecified atom stereocenters. The summed E-state index contributed by atoms with van der Waals surface area (Å²) in [5.74, 6) is -0.0225. The molecule has 2 fully saturated rings. The first-order valence-corrected chi connectivity index (χ1v) is 14.9. The predicted molar refractivity (Wildman–Crippen MR) is 147 cm³/mol. The number of carbonyl (C=O) groups is 1. The van der Waals surface area contributed by atoms with E-state index >= 15 is 0 Å². The minimum Gasteiger partial charge on any atom is -0.337 e. The minimum atomic E-state index is -3.16. The van der Waals surface area contributed by atoms with Crippen molar-refractivity contribution in [1.29, 1.82) is 0 Å². The Labute approximate surface area is 221 Å². The Morgan fingerprint density at radius 3 is 2.24 bits per heavy atom. The fourth-order valence-electron chi connectivity index (χ4n) is 5.45. The lowest BCUT2D eigenvalue weighted by atomic mass is 9.97. The van der Waals surface area contributed by atoms with E-state index < -0.39 is 10.0 Å². The van der Waals surface area contributed by atoms with Crippen molar-refractivity contribution in [2.24, 2.45) is 0 Å². The van der Waals surface area contributed by atoms with E-state index in [9.17, 15) is 13.2 Å². The molecule has 0 spiro atoms. The molecule has 1 aromatic carbocycles. The van der Waals surface area contributed by atoms with Crippen LogP contribution in [0.1, 0.15) is 65.5 Å². The fraction of sp³-hybridized carbons (Fsp3) is 0.536. The second-order valence-corrected chi connectivity index (χ2v) is 12.6. The van der Waals surface area contributed by atoms with E-state index in [1.807, 2.05) is 18.7 Å². The molecular weight excluding hydrogens is 486 g/mol. The van der Waals surface area contributed by atoms with Crippen molar-refractivity contribution >= 4 is 21.5 Å². The summed E-state index contributed by atoms with van der Waals surface area (Å²) in [5.41, 5.74) is 5.50. The maximum Gasteiger partial charge on any atom is 0.272 e. The van der Waals surface area contributed by atoms with Crippen LogP contribution in [0, 0.1) is 6.92 Å². The van der Waals surface area contributed by atoms with E-state index in [0.717, 1.165) is 66.7 Å². The molecule has 2 aliphatic rings. The third kappa shape index (κ3) is 6.45. The number of rotatable bonds is 7. The van der Waals surface area contributed by atoms with Crippen LogP contribution in [0.4, 0.5) is 0 Å². The van der Waals surface area contributed by atoms with Crippen molar-refractivity contribution in [3.8, 4) is 0 Å². The highest BCUT2D eigenvalue weighted by atomic mass is 32.2. The van der Waals surface area contributed by atoms with Crippen LogP contribution in [-0.4, -0.2) is 90.0 Å². The second-order valence-electron chi connectivity index (χ2n) is 10.5. The molecule has 0 bridgehead atoms. The summed E-state index contributed by atoms with van der Waals surface area (Å²) < 4.78 is 25.2. The smallest absolute Gasteiger partial charge is 0.272 e. The summed E-state index contributed by atoms with van der Waals surface area (Å²) in [4.78, 5) is 26.6. The SMILES string of the molecule is C=C(C)c1ccc(Cc2ncnc(C(=O)N3CCC(N4CCC(N(C)S(C)(=O)=O)CC4)CC3)c2C)cc1. The molecule has 2 aromatic rings.